The summed E-state index contributed by atoms with van der Waals surface area (Å²) in [7, 11) is 0. The minimum atomic E-state index is 1.09. The fraction of sp³-hybridized carbons (Fsp3) is 0. The quantitative estimate of drug-likeness (QED) is 0.162. The molecule has 232 valence electrons. The van der Waals surface area contributed by atoms with Crippen LogP contribution in [0.3, 0.4) is 0 Å². The van der Waals surface area contributed by atoms with Gasteiger partial charge in [-0.2, -0.15) is 0 Å². The molecule has 0 aliphatic carbocycles. The molecule has 1 heteroatoms. The van der Waals surface area contributed by atoms with Crippen LogP contribution in [0.25, 0.3) is 55.6 Å². The van der Waals surface area contributed by atoms with Gasteiger partial charge in [-0.15, -0.1) is 0 Å². The Morgan fingerprint density at radius 2 is 0.510 bits per heavy atom. The highest BCUT2D eigenvalue weighted by atomic mass is 15.1. The second-order valence-corrected chi connectivity index (χ2v) is 12.2. The molecule has 0 fully saturated rings. The van der Waals surface area contributed by atoms with Crippen molar-refractivity contribution in [1.82, 2.24) is 0 Å². The van der Waals surface area contributed by atoms with E-state index < -0.39 is 0 Å². The molecule has 0 heterocycles. The van der Waals surface area contributed by atoms with Crippen molar-refractivity contribution in [2.24, 2.45) is 0 Å². The topological polar surface area (TPSA) is 3.24 Å². The summed E-state index contributed by atoms with van der Waals surface area (Å²) in [6.45, 7) is 0. The molecule has 8 rings (SSSR count). The zero-order chi connectivity index (χ0) is 32.8. The molecule has 8 aromatic carbocycles. The van der Waals surface area contributed by atoms with Gasteiger partial charge in [-0.3, -0.25) is 0 Å². The van der Waals surface area contributed by atoms with Crippen LogP contribution in [0.4, 0.5) is 17.1 Å². The van der Waals surface area contributed by atoms with Gasteiger partial charge in [0.05, 0.1) is 11.4 Å². The maximum absolute atomic E-state index is 2.43. The summed E-state index contributed by atoms with van der Waals surface area (Å²) in [5, 5.41) is 0. The third-order valence-corrected chi connectivity index (χ3v) is 9.09. The monoisotopic (exact) mass is 625 g/mol. The minimum absolute atomic E-state index is 1.09. The van der Waals surface area contributed by atoms with E-state index in [9.17, 15) is 0 Å². The first-order valence-corrected chi connectivity index (χ1v) is 16.8. The van der Waals surface area contributed by atoms with Gasteiger partial charge in [-0.1, -0.05) is 176 Å². The fourth-order valence-electron chi connectivity index (χ4n) is 6.62. The van der Waals surface area contributed by atoms with Crippen LogP contribution in [0, 0.1) is 0 Å². The lowest BCUT2D eigenvalue weighted by molar-refractivity contribution is 1.28. The molecule has 0 aromatic heterocycles. The largest absolute Gasteiger partial charge is 0.309 e. The van der Waals surface area contributed by atoms with Gasteiger partial charge in [0.1, 0.15) is 0 Å². The van der Waals surface area contributed by atoms with Crippen molar-refractivity contribution < 1.29 is 0 Å². The maximum atomic E-state index is 2.43. The average Bonchev–Trinajstić information content (AvgIpc) is 3.20. The van der Waals surface area contributed by atoms with Crippen LogP contribution in [0.15, 0.2) is 212 Å². The van der Waals surface area contributed by atoms with Crippen LogP contribution >= 0.6 is 0 Å². The van der Waals surface area contributed by atoms with Gasteiger partial charge >= 0.3 is 0 Å². The summed E-state index contributed by atoms with van der Waals surface area (Å²) in [6, 6.07) is 76.1. The van der Waals surface area contributed by atoms with E-state index in [0.717, 1.165) is 17.1 Å². The van der Waals surface area contributed by atoms with Gasteiger partial charge in [0, 0.05) is 16.8 Å². The van der Waals surface area contributed by atoms with Crippen LogP contribution in [0.2, 0.25) is 0 Å². The van der Waals surface area contributed by atoms with Crippen molar-refractivity contribution in [2.45, 2.75) is 0 Å². The van der Waals surface area contributed by atoms with Gasteiger partial charge in [0.15, 0.2) is 0 Å². The summed E-state index contributed by atoms with van der Waals surface area (Å²) in [5.41, 5.74) is 15.1. The Bertz CT molecular complexity index is 2150. The molecule has 0 amide bonds. The van der Waals surface area contributed by atoms with Crippen LogP contribution in [-0.4, -0.2) is 0 Å². The summed E-state index contributed by atoms with van der Waals surface area (Å²) in [5.74, 6) is 0. The SMILES string of the molecule is c1ccc(-c2ccc(N(c3ccc(-c4ccccc4)cc3-c3ccccc3)c3ccc(-c4ccccc4)cc3-c3ccccc3)cc2)cc1. The number of benzene rings is 8. The molecule has 0 radical (unpaired) electrons. The van der Waals surface area contributed by atoms with Gasteiger partial charge in [-0.05, 0) is 80.9 Å². The Balaban J connectivity index is 1.38. The highest BCUT2D eigenvalue weighted by Gasteiger charge is 2.22. The first kappa shape index (κ1) is 29.9. The summed E-state index contributed by atoms with van der Waals surface area (Å²) in [4.78, 5) is 2.43. The van der Waals surface area contributed by atoms with E-state index in [-0.39, 0.29) is 0 Å². The smallest absolute Gasteiger partial charge is 0.0540 e. The zero-order valence-electron chi connectivity index (χ0n) is 27.2. The van der Waals surface area contributed by atoms with Gasteiger partial charge in [0.2, 0.25) is 0 Å². The highest BCUT2D eigenvalue weighted by Crippen LogP contribution is 2.47. The Morgan fingerprint density at radius 1 is 0.224 bits per heavy atom. The maximum Gasteiger partial charge on any atom is 0.0540 e. The second-order valence-electron chi connectivity index (χ2n) is 12.2. The highest BCUT2D eigenvalue weighted by molar-refractivity contribution is 5.96. The predicted octanol–water partition coefficient (Wildman–Crippen LogP) is 13.5. The molecular weight excluding hydrogens is 591 g/mol. The Hall–Kier alpha value is -6.44. The lowest BCUT2D eigenvalue weighted by Crippen LogP contribution is -2.13. The van der Waals surface area contributed by atoms with Crippen molar-refractivity contribution in [3.8, 4) is 55.6 Å². The summed E-state index contributed by atoms with van der Waals surface area (Å²) in [6.07, 6.45) is 0. The van der Waals surface area contributed by atoms with E-state index in [1.54, 1.807) is 0 Å². The Labute approximate surface area is 289 Å². The molecule has 0 unspecified atom stereocenters. The molecule has 0 aliphatic rings. The number of hydrogen-bond acceptors (Lipinski definition) is 1. The van der Waals surface area contributed by atoms with E-state index in [0.29, 0.717) is 0 Å². The molecule has 49 heavy (non-hydrogen) atoms. The van der Waals surface area contributed by atoms with Gasteiger partial charge in [0.25, 0.3) is 0 Å². The molecule has 0 spiro atoms. The van der Waals surface area contributed by atoms with Crippen LogP contribution in [0.1, 0.15) is 0 Å². The van der Waals surface area contributed by atoms with Crippen molar-refractivity contribution in [2.75, 3.05) is 4.90 Å². The number of nitrogens with zero attached hydrogens (tertiary/aromatic N) is 1. The van der Waals surface area contributed by atoms with Crippen molar-refractivity contribution >= 4 is 17.1 Å². The lowest BCUT2D eigenvalue weighted by Gasteiger charge is -2.31. The third kappa shape index (κ3) is 6.31. The molecule has 0 saturated carbocycles. The van der Waals surface area contributed by atoms with E-state index in [2.05, 4.69) is 217 Å². The van der Waals surface area contributed by atoms with Gasteiger partial charge < -0.3 is 4.90 Å². The predicted molar refractivity (Wildman–Crippen MR) is 208 cm³/mol. The van der Waals surface area contributed by atoms with Crippen LogP contribution in [-0.2, 0) is 0 Å². The first-order valence-electron chi connectivity index (χ1n) is 16.8. The lowest BCUT2D eigenvalue weighted by atomic mass is 9.93. The molecule has 0 saturated heterocycles. The fourth-order valence-corrected chi connectivity index (χ4v) is 6.62. The molecule has 0 atom stereocenters. The van der Waals surface area contributed by atoms with E-state index >= 15 is 0 Å². The third-order valence-electron chi connectivity index (χ3n) is 9.09. The number of anilines is 3. The molecule has 0 N–H and O–H groups in total. The van der Waals surface area contributed by atoms with Crippen LogP contribution < -0.4 is 4.90 Å². The normalized spacial score (nSPS) is 10.9. The van der Waals surface area contributed by atoms with Crippen LogP contribution in [0.5, 0.6) is 0 Å². The molecule has 8 aromatic rings. The molecule has 1 nitrogen and oxygen atoms in total. The number of rotatable bonds is 8. The average molecular weight is 626 g/mol. The summed E-state index contributed by atoms with van der Waals surface area (Å²) < 4.78 is 0. The minimum Gasteiger partial charge on any atom is -0.309 e. The molecule has 0 bridgehead atoms. The van der Waals surface area contributed by atoms with E-state index in [1.165, 1.54) is 55.6 Å². The molecular formula is C48H35N. The zero-order valence-corrected chi connectivity index (χ0v) is 27.2. The molecule has 0 aliphatic heterocycles. The first-order chi connectivity index (χ1) is 24.3. The van der Waals surface area contributed by atoms with Crippen molar-refractivity contribution in [3.05, 3.63) is 212 Å². The Morgan fingerprint density at radius 3 is 0.878 bits per heavy atom. The number of hydrogen-bond donors (Lipinski definition) is 0. The van der Waals surface area contributed by atoms with Gasteiger partial charge in [-0.25, -0.2) is 0 Å². The summed E-state index contributed by atoms with van der Waals surface area (Å²) >= 11 is 0. The standard InChI is InChI=1S/C48H35N/c1-6-16-36(17-7-1)39-26-30-44(31-27-39)49(47-32-28-42(37-18-8-2-9-19-37)34-45(47)40-22-12-4-13-23-40)48-33-29-43(38-20-10-3-11-21-38)35-46(48)41-24-14-5-15-25-41/h1-35H. The van der Waals surface area contributed by atoms with Crippen molar-refractivity contribution in [3.63, 3.8) is 0 Å². The van der Waals surface area contributed by atoms with E-state index in [1.807, 2.05) is 0 Å². The van der Waals surface area contributed by atoms with E-state index in [4.69, 9.17) is 0 Å². The second kappa shape index (κ2) is 13.7. The Kier molecular flexibility index (Phi) is 8.39. The van der Waals surface area contributed by atoms with Crippen molar-refractivity contribution in [1.29, 1.82) is 0 Å².